The Morgan fingerprint density at radius 1 is 1.19 bits per heavy atom. The van der Waals surface area contributed by atoms with Crippen LogP contribution in [0.1, 0.15) is 28.9 Å². The Kier molecular flexibility index (Phi) is 6.26. The van der Waals surface area contributed by atoms with E-state index in [9.17, 15) is 19.7 Å². The maximum Gasteiger partial charge on any atom is 0.338 e. The largest absolute Gasteiger partial charge is 0.452 e. The van der Waals surface area contributed by atoms with Gasteiger partial charge in [-0.3, -0.25) is 14.9 Å². The minimum absolute atomic E-state index is 0.000363. The van der Waals surface area contributed by atoms with Crippen molar-refractivity contribution in [3.05, 3.63) is 69.8 Å². The molecule has 0 saturated heterocycles. The van der Waals surface area contributed by atoms with E-state index in [0.29, 0.717) is 0 Å². The molecule has 1 atom stereocenters. The lowest BCUT2D eigenvalue weighted by Gasteiger charge is -2.14. The van der Waals surface area contributed by atoms with Crippen molar-refractivity contribution in [1.82, 2.24) is 5.32 Å². The topological polar surface area (TPSA) is 111 Å². The van der Waals surface area contributed by atoms with E-state index < -0.39 is 23.4 Å². The van der Waals surface area contributed by atoms with Crippen LogP contribution < -0.4 is 10.6 Å². The number of esters is 1. The number of nitro benzene ring substituents is 1. The molecule has 136 valence electrons. The first kappa shape index (κ1) is 18.9. The Bertz CT molecular complexity index is 808. The van der Waals surface area contributed by atoms with Crippen LogP contribution in [0.15, 0.2) is 48.5 Å². The number of nitrogens with zero attached hydrogens (tertiary/aromatic N) is 1. The number of carbonyl (C=O) groups is 2. The summed E-state index contributed by atoms with van der Waals surface area (Å²) in [6.07, 6.45) is 0. The summed E-state index contributed by atoms with van der Waals surface area (Å²) >= 11 is 0. The predicted molar refractivity (Wildman–Crippen MR) is 95.9 cm³/mol. The first-order chi connectivity index (χ1) is 12.4. The molecule has 0 unspecified atom stereocenters. The van der Waals surface area contributed by atoms with Crippen molar-refractivity contribution in [2.24, 2.45) is 0 Å². The molecule has 26 heavy (non-hydrogen) atoms. The van der Waals surface area contributed by atoms with E-state index in [4.69, 9.17) is 4.74 Å². The molecule has 0 aliphatic rings. The normalized spacial score (nSPS) is 11.3. The van der Waals surface area contributed by atoms with Crippen LogP contribution in [0.2, 0.25) is 0 Å². The van der Waals surface area contributed by atoms with Gasteiger partial charge in [0, 0.05) is 13.1 Å². The third kappa shape index (κ3) is 4.79. The van der Waals surface area contributed by atoms with Gasteiger partial charge in [-0.1, -0.05) is 30.3 Å². The van der Waals surface area contributed by atoms with E-state index in [1.165, 1.54) is 12.1 Å². The van der Waals surface area contributed by atoms with Crippen LogP contribution in [0.4, 0.5) is 11.4 Å². The van der Waals surface area contributed by atoms with Crippen LogP contribution in [-0.2, 0) is 9.53 Å². The number of benzene rings is 2. The van der Waals surface area contributed by atoms with Crippen LogP contribution in [0, 0.1) is 10.1 Å². The molecule has 8 heteroatoms. The van der Waals surface area contributed by atoms with Gasteiger partial charge in [-0.2, -0.15) is 0 Å². The number of rotatable bonds is 7. The average molecular weight is 357 g/mol. The summed E-state index contributed by atoms with van der Waals surface area (Å²) in [5.74, 6) is -1.27. The van der Waals surface area contributed by atoms with Gasteiger partial charge < -0.3 is 15.4 Å². The summed E-state index contributed by atoms with van der Waals surface area (Å²) < 4.78 is 4.94. The molecule has 1 amide bonds. The lowest BCUT2D eigenvalue weighted by Crippen LogP contribution is -2.31. The fourth-order valence-electron chi connectivity index (χ4n) is 2.34. The van der Waals surface area contributed by atoms with Gasteiger partial charge in [0.05, 0.1) is 16.5 Å². The second kappa shape index (κ2) is 8.61. The fourth-order valence-corrected chi connectivity index (χ4v) is 2.34. The van der Waals surface area contributed by atoms with Crippen molar-refractivity contribution in [2.75, 3.05) is 19.0 Å². The molecule has 0 heterocycles. The highest BCUT2D eigenvalue weighted by atomic mass is 16.6. The standard InChI is InChI=1S/C18H19N3O5/c1-12(13-6-4-3-5-7-13)20-17(22)11-26-18(23)14-8-9-15(19-2)16(10-14)21(24)25/h3-10,12,19H,11H2,1-2H3,(H,20,22)/t12-/m1/s1. The zero-order chi connectivity index (χ0) is 19.1. The molecule has 0 saturated carbocycles. The van der Waals surface area contributed by atoms with Crippen molar-refractivity contribution in [2.45, 2.75) is 13.0 Å². The second-order valence-corrected chi connectivity index (χ2v) is 5.52. The molecule has 0 aromatic heterocycles. The third-order valence-electron chi connectivity index (χ3n) is 3.71. The number of nitro groups is 1. The highest BCUT2D eigenvalue weighted by Crippen LogP contribution is 2.25. The summed E-state index contributed by atoms with van der Waals surface area (Å²) in [5, 5.41) is 16.4. The smallest absolute Gasteiger partial charge is 0.338 e. The molecule has 2 N–H and O–H groups in total. The molecule has 2 aromatic carbocycles. The Balaban J connectivity index is 1.95. The van der Waals surface area contributed by atoms with Crippen LogP contribution in [-0.4, -0.2) is 30.5 Å². The Hall–Kier alpha value is -3.42. The van der Waals surface area contributed by atoms with Gasteiger partial charge in [-0.05, 0) is 24.6 Å². The molecule has 8 nitrogen and oxygen atoms in total. The molecule has 0 bridgehead atoms. The van der Waals surface area contributed by atoms with Crippen LogP contribution in [0.5, 0.6) is 0 Å². The van der Waals surface area contributed by atoms with Gasteiger partial charge in [0.15, 0.2) is 6.61 Å². The lowest BCUT2D eigenvalue weighted by atomic mass is 10.1. The number of anilines is 1. The summed E-state index contributed by atoms with van der Waals surface area (Å²) in [6.45, 7) is 1.34. The number of hydrogen-bond acceptors (Lipinski definition) is 6. The van der Waals surface area contributed by atoms with Crippen LogP contribution in [0.3, 0.4) is 0 Å². The summed E-state index contributed by atoms with van der Waals surface area (Å²) in [6, 6.07) is 13.0. The predicted octanol–water partition coefficient (Wildman–Crippen LogP) is 2.67. The highest BCUT2D eigenvalue weighted by molar-refractivity contribution is 5.93. The second-order valence-electron chi connectivity index (χ2n) is 5.52. The molecular weight excluding hydrogens is 338 g/mol. The average Bonchev–Trinajstić information content (AvgIpc) is 2.66. The van der Waals surface area contributed by atoms with E-state index in [1.807, 2.05) is 37.3 Å². The van der Waals surface area contributed by atoms with E-state index in [2.05, 4.69) is 10.6 Å². The quantitative estimate of drug-likeness (QED) is 0.448. The number of hydrogen-bond donors (Lipinski definition) is 2. The van der Waals surface area contributed by atoms with Crippen LogP contribution >= 0.6 is 0 Å². The van der Waals surface area contributed by atoms with Crippen molar-refractivity contribution in [3.63, 3.8) is 0 Å². The number of amides is 1. The Labute approximate surface area is 150 Å². The van der Waals surface area contributed by atoms with E-state index >= 15 is 0 Å². The van der Waals surface area contributed by atoms with Gasteiger partial charge in [0.2, 0.25) is 0 Å². The summed E-state index contributed by atoms with van der Waals surface area (Å²) in [4.78, 5) is 34.4. The maximum absolute atomic E-state index is 12.0. The highest BCUT2D eigenvalue weighted by Gasteiger charge is 2.18. The zero-order valence-electron chi connectivity index (χ0n) is 14.4. The minimum Gasteiger partial charge on any atom is -0.452 e. The monoisotopic (exact) mass is 357 g/mol. The summed E-state index contributed by atoms with van der Waals surface area (Å²) in [7, 11) is 1.54. The Morgan fingerprint density at radius 2 is 1.88 bits per heavy atom. The van der Waals surface area contributed by atoms with Gasteiger partial charge in [-0.25, -0.2) is 4.79 Å². The van der Waals surface area contributed by atoms with Gasteiger partial charge in [-0.15, -0.1) is 0 Å². The summed E-state index contributed by atoms with van der Waals surface area (Å²) in [5.41, 5.74) is 0.954. The van der Waals surface area contributed by atoms with Gasteiger partial charge in [0.25, 0.3) is 11.6 Å². The van der Waals surface area contributed by atoms with E-state index in [0.717, 1.165) is 11.6 Å². The minimum atomic E-state index is -0.807. The molecule has 0 aliphatic heterocycles. The fraction of sp³-hybridized carbons (Fsp3) is 0.222. The van der Waals surface area contributed by atoms with Crippen LogP contribution in [0.25, 0.3) is 0 Å². The molecular formula is C18H19N3O5. The molecule has 0 aliphatic carbocycles. The van der Waals surface area contributed by atoms with E-state index in [-0.39, 0.29) is 23.0 Å². The molecule has 2 aromatic rings. The maximum atomic E-state index is 12.0. The lowest BCUT2D eigenvalue weighted by molar-refractivity contribution is -0.384. The van der Waals surface area contributed by atoms with Crippen molar-refractivity contribution < 1.29 is 19.2 Å². The number of ether oxygens (including phenoxy) is 1. The van der Waals surface area contributed by atoms with E-state index in [1.54, 1.807) is 7.05 Å². The molecule has 0 fully saturated rings. The van der Waals surface area contributed by atoms with Gasteiger partial charge >= 0.3 is 5.97 Å². The van der Waals surface area contributed by atoms with Crippen molar-refractivity contribution >= 4 is 23.3 Å². The van der Waals surface area contributed by atoms with Crippen molar-refractivity contribution in [3.8, 4) is 0 Å². The SMILES string of the molecule is CNc1ccc(C(=O)OCC(=O)N[C@H](C)c2ccccc2)cc1[N+](=O)[O-]. The molecule has 0 radical (unpaired) electrons. The molecule has 0 spiro atoms. The zero-order valence-corrected chi connectivity index (χ0v) is 14.4. The number of nitrogens with one attached hydrogen (secondary N) is 2. The van der Waals surface area contributed by atoms with Crippen molar-refractivity contribution in [1.29, 1.82) is 0 Å². The molecule has 2 rings (SSSR count). The third-order valence-corrected chi connectivity index (χ3v) is 3.71. The van der Waals surface area contributed by atoms with Gasteiger partial charge in [0.1, 0.15) is 5.69 Å². The first-order valence-electron chi connectivity index (χ1n) is 7.90. The first-order valence-corrected chi connectivity index (χ1v) is 7.90. The number of carbonyl (C=O) groups excluding carboxylic acids is 2. The Morgan fingerprint density at radius 3 is 2.50 bits per heavy atom.